The zero-order chi connectivity index (χ0) is 14.6. The van der Waals surface area contributed by atoms with Gasteiger partial charge in [-0.05, 0) is 53.7 Å². The van der Waals surface area contributed by atoms with Gasteiger partial charge < -0.3 is 14.5 Å². The fraction of sp³-hybridized carbons (Fsp3) is 0.462. The second-order valence-corrected chi connectivity index (χ2v) is 5.41. The van der Waals surface area contributed by atoms with Crippen LogP contribution in [-0.2, 0) is 9.53 Å². The smallest absolute Gasteiger partial charge is 0.374 e. The van der Waals surface area contributed by atoms with E-state index in [1.54, 1.807) is 6.07 Å². The minimum Gasteiger partial charge on any atom is -0.450 e. The molecule has 1 heterocycles. The third-order valence-corrected chi connectivity index (χ3v) is 3.58. The molecule has 0 aromatic carbocycles. The Labute approximate surface area is 124 Å². The predicted molar refractivity (Wildman–Crippen MR) is 71.6 cm³/mol. The number of ether oxygens (including phenoxy) is 1. The van der Waals surface area contributed by atoms with Gasteiger partial charge in [0.1, 0.15) is 5.54 Å². The maximum atomic E-state index is 11.7. The van der Waals surface area contributed by atoms with E-state index in [0.717, 1.165) is 12.8 Å². The summed E-state index contributed by atoms with van der Waals surface area (Å²) in [6, 6.07) is 5.13. The summed E-state index contributed by atoms with van der Waals surface area (Å²) in [7, 11) is 0. The molecule has 1 amide bonds. The Kier molecular flexibility index (Phi) is 4.45. The lowest BCUT2D eigenvalue weighted by molar-refractivity contribution is -0.125. The molecule has 1 aliphatic carbocycles. The lowest BCUT2D eigenvalue weighted by atomic mass is 10.00. The minimum atomic E-state index is -0.808. The molecule has 0 unspecified atom stereocenters. The second kappa shape index (κ2) is 6.09. The molecule has 6 nitrogen and oxygen atoms in total. The number of carbonyl (C=O) groups excluding carboxylic acids is 2. The SMILES string of the molecule is N#CC1(NC(=O)COC(=O)c2ccc(Br)o2)CCCC1. The van der Waals surface area contributed by atoms with E-state index < -0.39 is 24.0 Å². The van der Waals surface area contributed by atoms with Crippen LogP contribution in [0.4, 0.5) is 0 Å². The Morgan fingerprint density at radius 3 is 2.70 bits per heavy atom. The van der Waals surface area contributed by atoms with Gasteiger partial charge in [-0.3, -0.25) is 4.79 Å². The van der Waals surface area contributed by atoms with E-state index >= 15 is 0 Å². The molecule has 0 bridgehead atoms. The Balaban J connectivity index is 1.83. The monoisotopic (exact) mass is 340 g/mol. The quantitative estimate of drug-likeness (QED) is 0.847. The van der Waals surface area contributed by atoms with Crippen LogP contribution < -0.4 is 5.32 Å². The summed E-state index contributed by atoms with van der Waals surface area (Å²) in [5, 5.41) is 11.8. The molecule has 106 valence electrons. The number of carbonyl (C=O) groups is 2. The summed E-state index contributed by atoms with van der Waals surface area (Å²) in [4.78, 5) is 23.3. The maximum Gasteiger partial charge on any atom is 0.374 e. The van der Waals surface area contributed by atoms with Crippen molar-refractivity contribution in [3.05, 3.63) is 22.6 Å². The van der Waals surface area contributed by atoms with Gasteiger partial charge in [0.15, 0.2) is 11.3 Å². The van der Waals surface area contributed by atoms with Crippen molar-refractivity contribution in [2.45, 2.75) is 31.2 Å². The number of nitriles is 1. The van der Waals surface area contributed by atoms with Gasteiger partial charge in [0, 0.05) is 0 Å². The van der Waals surface area contributed by atoms with E-state index in [1.807, 2.05) is 0 Å². The van der Waals surface area contributed by atoms with E-state index in [2.05, 4.69) is 27.3 Å². The fourth-order valence-corrected chi connectivity index (χ4v) is 2.48. The Morgan fingerprint density at radius 2 is 2.15 bits per heavy atom. The number of nitrogens with zero attached hydrogens (tertiary/aromatic N) is 1. The molecule has 0 saturated heterocycles. The van der Waals surface area contributed by atoms with Crippen LogP contribution in [-0.4, -0.2) is 24.0 Å². The first-order chi connectivity index (χ1) is 9.54. The van der Waals surface area contributed by atoms with E-state index in [4.69, 9.17) is 14.4 Å². The molecule has 2 rings (SSSR count). The van der Waals surface area contributed by atoms with Gasteiger partial charge in [-0.15, -0.1) is 0 Å². The highest BCUT2D eigenvalue weighted by molar-refractivity contribution is 9.10. The van der Waals surface area contributed by atoms with Crippen molar-refractivity contribution in [2.75, 3.05) is 6.61 Å². The number of amides is 1. The molecular weight excluding hydrogens is 328 g/mol. The summed E-state index contributed by atoms with van der Waals surface area (Å²) >= 11 is 3.07. The van der Waals surface area contributed by atoms with Crippen molar-refractivity contribution < 1.29 is 18.7 Å². The molecule has 7 heteroatoms. The third-order valence-electron chi connectivity index (χ3n) is 3.16. The van der Waals surface area contributed by atoms with Gasteiger partial charge in [-0.25, -0.2) is 4.79 Å². The van der Waals surface area contributed by atoms with Gasteiger partial charge in [-0.1, -0.05) is 0 Å². The van der Waals surface area contributed by atoms with E-state index in [-0.39, 0.29) is 5.76 Å². The number of furan rings is 1. The summed E-state index contributed by atoms with van der Waals surface area (Å²) in [5.74, 6) is -1.18. The fourth-order valence-electron chi connectivity index (χ4n) is 2.17. The number of nitrogens with one attached hydrogen (secondary N) is 1. The lowest BCUT2D eigenvalue weighted by Crippen LogP contribution is -2.46. The van der Waals surface area contributed by atoms with E-state index in [0.29, 0.717) is 17.5 Å². The van der Waals surface area contributed by atoms with Crippen LogP contribution in [0.2, 0.25) is 0 Å². The van der Waals surface area contributed by atoms with Crippen molar-refractivity contribution in [1.82, 2.24) is 5.32 Å². The Bertz CT molecular complexity index is 555. The average Bonchev–Trinajstić information content (AvgIpc) is 3.06. The number of hydrogen-bond donors (Lipinski definition) is 1. The normalized spacial score (nSPS) is 16.4. The number of esters is 1. The minimum absolute atomic E-state index is 0.0144. The third kappa shape index (κ3) is 3.39. The van der Waals surface area contributed by atoms with Crippen molar-refractivity contribution in [1.29, 1.82) is 5.26 Å². The Morgan fingerprint density at radius 1 is 1.45 bits per heavy atom. The van der Waals surface area contributed by atoms with Gasteiger partial charge in [0.05, 0.1) is 6.07 Å². The zero-order valence-corrected chi connectivity index (χ0v) is 12.2. The van der Waals surface area contributed by atoms with Crippen molar-refractivity contribution in [3.8, 4) is 6.07 Å². The summed E-state index contributed by atoms with van der Waals surface area (Å²) in [5.41, 5.74) is -0.808. The number of rotatable bonds is 4. The summed E-state index contributed by atoms with van der Waals surface area (Å²) < 4.78 is 10.2. The van der Waals surface area contributed by atoms with Crippen LogP contribution in [0.5, 0.6) is 0 Å². The largest absolute Gasteiger partial charge is 0.450 e. The molecule has 20 heavy (non-hydrogen) atoms. The predicted octanol–water partition coefficient (Wildman–Crippen LogP) is 2.15. The first-order valence-electron chi connectivity index (χ1n) is 6.19. The molecule has 1 aromatic rings. The molecule has 0 atom stereocenters. The molecule has 1 aliphatic rings. The number of hydrogen-bond acceptors (Lipinski definition) is 5. The molecule has 0 aliphatic heterocycles. The highest BCUT2D eigenvalue weighted by atomic mass is 79.9. The highest BCUT2D eigenvalue weighted by Gasteiger charge is 2.35. The first-order valence-corrected chi connectivity index (χ1v) is 6.99. The molecule has 1 saturated carbocycles. The van der Waals surface area contributed by atoms with Gasteiger partial charge in [-0.2, -0.15) is 5.26 Å². The standard InChI is InChI=1S/C13H13BrN2O4/c14-10-4-3-9(20-10)12(18)19-7-11(17)16-13(8-15)5-1-2-6-13/h3-4H,1-2,5-7H2,(H,16,17). The zero-order valence-electron chi connectivity index (χ0n) is 10.6. The van der Waals surface area contributed by atoms with E-state index in [9.17, 15) is 9.59 Å². The molecule has 0 spiro atoms. The molecular formula is C13H13BrN2O4. The molecule has 1 N–H and O–H groups in total. The van der Waals surface area contributed by atoms with Crippen molar-refractivity contribution in [3.63, 3.8) is 0 Å². The van der Waals surface area contributed by atoms with Crippen LogP contribution in [0.25, 0.3) is 0 Å². The summed E-state index contributed by atoms with van der Waals surface area (Å²) in [6.45, 7) is -0.430. The van der Waals surface area contributed by atoms with E-state index in [1.165, 1.54) is 6.07 Å². The molecule has 1 aromatic heterocycles. The second-order valence-electron chi connectivity index (χ2n) is 4.63. The highest BCUT2D eigenvalue weighted by Crippen LogP contribution is 2.28. The van der Waals surface area contributed by atoms with Crippen LogP contribution in [0.3, 0.4) is 0 Å². The van der Waals surface area contributed by atoms with Gasteiger partial charge in [0.25, 0.3) is 5.91 Å². The van der Waals surface area contributed by atoms with Crippen LogP contribution in [0.15, 0.2) is 21.2 Å². The topological polar surface area (TPSA) is 92.3 Å². The number of halogens is 1. The average molecular weight is 341 g/mol. The van der Waals surface area contributed by atoms with Crippen LogP contribution in [0.1, 0.15) is 36.2 Å². The molecule has 1 fully saturated rings. The first kappa shape index (κ1) is 14.6. The van der Waals surface area contributed by atoms with Crippen molar-refractivity contribution in [2.24, 2.45) is 0 Å². The maximum absolute atomic E-state index is 11.7. The molecule has 0 radical (unpaired) electrons. The van der Waals surface area contributed by atoms with Gasteiger partial charge in [0.2, 0.25) is 5.76 Å². The Hall–Kier alpha value is -1.81. The van der Waals surface area contributed by atoms with Crippen LogP contribution >= 0.6 is 15.9 Å². The summed E-state index contributed by atoms with van der Waals surface area (Å²) in [6.07, 6.45) is 3.09. The van der Waals surface area contributed by atoms with Crippen LogP contribution in [0, 0.1) is 11.3 Å². The lowest BCUT2D eigenvalue weighted by Gasteiger charge is -2.21. The van der Waals surface area contributed by atoms with Crippen molar-refractivity contribution >= 4 is 27.8 Å². The van der Waals surface area contributed by atoms with Gasteiger partial charge >= 0.3 is 5.97 Å².